The van der Waals surface area contributed by atoms with Crippen LogP contribution in [0.2, 0.25) is 0 Å². The molecule has 0 spiro atoms. The van der Waals surface area contributed by atoms with Gasteiger partial charge in [0.1, 0.15) is 0 Å². The maximum Gasteiger partial charge on any atom is 0.221 e. The first-order chi connectivity index (χ1) is 11.1. The van der Waals surface area contributed by atoms with E-state index in [-0.39, 0.29) is 35.8 Å². The number of unbranched alkanes of at least 4 members (excludes halogenated alkanes) is 1. The van der Waals surface area contributed by atoms with E-state index in [1.165, 1.54) is 0 Å². The van der Waals surface area contributed by atoms with Crippen LogP contribution in [0.1, 0.15) is 32.1 Å². The summed E-state index contributed by atoms with van der Waals surface area (Å²) < 4.78 is 0. The Morgan fingerprint density at radius 3 is 2.88 bits per heavy atom. The van der Waals surface area contributed by atoms with Crippen LogP contribution < -0.4 is 11.1 Å². The van der Waals surface area contributed by atoms with E-state index in [1.54, 1.807) is 0 Å². The monoisotopic (exact) mass is 451 g/mol. The zero-order valence-electron chi connectivity index (χ0n) is 15.2. The van der Waals surface area contributed by atoms with Crippen molar-refractivity contribution in [1.29, 1.82) is 0 Å². The molecule has 1 atom stereocenters. The molecule has 0 saturated carbocycles. The van der Waals surface area contributed by atoms with Gasteiger partial charge in [0, 0.05) is 33.7 Å². The fraction of sp³-hybridized carbons (Fsp3) is 0.765. The van der Waals surface area contributed by atoms with Crippen LogP contribution >= 0.6 is 24.0 Å². The molecule has 6 nitrogen and oxygen atoms in total. The highest BCUT2D eigenvalue weighted by atomic mass is 127. The Morgan fingerprint density at radius 2 is 2.25 bits per heavy atom. The lowest BCUT2D eigenvalue weighted by molar-refractivity contribution is -0.123. The number of guanidine groups is 1. The molecule has 1 unspecified atom stereocenters. The van der Waals surface area contributed by atoms with E-state index in [0.29, 0.717) is 0 Å². The van der Waals surface area contributed by atoms with Crippen LogP contribution in [0.3, 0.4) is 0 Å². The minimum absolute atomic E-state index is 0. The number of amides is 1. The van der Waals surface area contributed by atoms with Crippen LogP contribution in [-0.2, 0) is 4.79 Å². The quantitative estimate of drug-likeness (QED) is 0.184. The minimum atomic E-state index is -0.158. The number of carbonyl (C=O) groups is 1. The maximum absolute atomic E-state index is 11.3. The van der Waals surface area contributed by atoms with E-state index in [0.717, 1.165) is 70.8 Å². The molecular formula is C17H34IN5O. The number of halogens is 1. The van der Waals surface area contributed by atoms with Crippen molar-refractivity contribution in [1.82, 2.24) is 15.1 Å². The van der Waals surface area contributed by atoms with Gasteiger partial charge in [-0.05, 0) is 45.2 Å². The number of hydrogen-bond donors (Lipinski definition) is 2. The smallest absolute Gasteiger partial charge is 0.221 e. The van der Waals surface area contributed by atoms with Crippen molar-refractivity contribution in [3.8, 4) is 0 Å². The molecule has 7 heteroatoms. The van der Waals surface area contributed by atoms with Gasteiger partial charge in [-0.1, -0.05) is 6.08 Å². The molecule has 0 aromatic heterocycles. The lowest BCUT2D eigenvalue weighted by Gasteiger charge is -2.31. The number of aliphatic imine (C=N–C) groups is 1. The van der Waals surface area contributed by atoms with Gasteiger partial charge in [0.05, 0.1) is 5.92 Å². The molecule has 1 fully saturated rings. The number of rotatable bonds is 9. The summed E-state index contributed by atoms with van der Waals surface area (Å²) in [4.78, 5) is 20.1. The van der Waals surface area contributed by atoms with E-state index >= 15 is 0 Å². The standard InChI is InChI=1S/C17H33N5O.HI/c1-4-5-6-11-21(3)17(19-2)20-10-8-13-22-12-7-9-15(14-22)16(18)23;/h4,15H,1,5-14H2,2-3H3,(H2,18,23)(H,19,20);1H. The van der Waals surface area contributed by atoms with Crippen molar-refractivity contribution < 1.29 is 4.79 Å². The van der Waals surface area contributed by atoms with Crippen LogP contribution in [0.4, 0.5) is 0 Å². The van der Waals surface area contributed by atoms with Crippen molar-refractivity contribution in [2.75, 3.05) is 46.8 Å². The topological polar surface area (TPSA) is 74.0 Å². The van der Waals surface area contributed by atoms with Gasteiger partial charge in [0.25, 0.3) is 0 Å². The maximum atomic E-state index is 11.3. The first kappa shape index (κ1) is 23.2. The number of nitrogens with two attached hydrogens (primary N) is 1. The van der Waals surface area contributed by atoms with Gasteiger partial charge >= 0.3 is 0 Å². The summed E-state index contributed by atoms with van der Waals surface area (Å²) >= 11 is 0. The number of carbonyl (C=O) groups excluding carboxylic acids is 1. The zero-order valence-corrected chi connectivity index (χ0v) is 17.5. The number of piperidine rings is 1. The Kier molecular flexibility index (Phi) is 13.0. The fourth-order valence-corrected chi connectivity index (χ4v) is 2.96. The Bertz CT molecular complexity index is 402. The molecular weight excluding hydrogens is 417 g/mol. The zero-order chi connectivity index (χ0) is 17.1. The average molecular weight is 451 g/mol. The highest BCUT2D eigenvalue weighted by Crippen LogP contribution is 2.15. The summed E-state index contributed by atoms with van der Waals surface area (Å²) in [5.41, 5.74) is 5.42. The van der Waals surface area contributed by atoms with Crippen LogP contribution in [0, 0.1) is 5.92 Å². The first-order valence-electron chi connectivity index (χ1n) is 8.62. The van der Waals surface area contributed by atoms with Crippen molar-refractivity contribution in [3.63, 3.8) is 0 Å². The van der Waals surface area contributed by atoms with Crippen LogP contribution in [0.5, 0.6) is 0 Å². The summed E-state index contributed by atoms with van der Waals surface area (Å²) in [5, 5.41) is 3.40. The Balaban J connectivity index is 0.00000529. The summed E-state index contributed by atoms with van der Waals surface area (Å²) in [6, 6.07) is 0. The molecule has 1 saturated heterocycles. The van der Waals surface area contributed by atoms with Crippen molar-refractivity contribution >= 4 is 35.8 Å². The average Bonchev–Trinajstić information content (AvgIpc) is 2.55. The second-order valence-electron chi connectivity index (χ2n) is 6.22. The summed E-state index contributed by atoms with van der Waals surface area (Å²) in [6.07, 6.45) is 7.09. The van der Waals surface area contributed by atoms with Gasteiger partial charge in [-0.25, -0.2) is 0 Å². The molecule has 1 aliphatic rings. The van der Waals surface area contributed by atoms with Crippen LogP contribution in [0.15, 0.2) is 17.6 Å². The van der Waals surface area contributed by atoms with Gasteiger partial charge in [0.2, 0.25) is 5.91 Å². The Morgan fingerprint density at radius 1 is 1.50 bits per heavy atom. The second-order valence-corrected chi connectivity index (χ2v) is 6.22. The van der Waals surface area contributed by atoms with E-state index in [4.69, 9.17) is 5.73 Å². The van der Waals surface area contributed by atoms with E-state index in [2.05, 4.69) is 33.7 Å². The lowest BCUT2D eigenvalue weighted by Crippen LogP contribution is -2.43. The number of primary amides is 1. The molecule has 0 aliphatic carbocycles. The molecule has 0 aromatic carbocycles. The van der Waals surface area contributed by atoms with E-state index < -0.39 is 0 Å². The summed E-state index contributed by atoms with van der Waals surface area (Å²) in [7, 11) is 3.87. The van der Waals surface area contributed by atoms with Crippen LogP contribution in [0.25, 0.3) is 0 Å². The molecule has 0 aromatic rings. The summed E-state index contributed by atoms with van der Waals surface area (Å²) in [6.45, 7) is 8.48. The minimum Gasteiger partial charge on any atom is -0.369 e. The number of nitrogens with zero attached hydrogens (tertiary/aromatic N) is 3. The third-order valence-corrected chi connectivity index (χ3v) is 4.32. The highest BCUT2D eigenvalue weighted by Gasteiger charge is 2.23. The molecule has 1 rings (SSSR count). The highest BCUT2D eigenvalue weighted by molar-refractivity contribution is 14.0. The summed E-state index contributed by atoms with van der Waals surface area (Å²) in [5.74, 6) is 0.803. The molecule has 24 heavy (non-hydrogen) atoms. The lowest BCUT2D eigenvalue weighted by atomic mass is 9.97. The molecule has 0 bridgehead atoms. The van der Waals surface area contributed by atoms with Gasteiger partial charge in [0.15, 0.2) is 5.96 Å². The Labute approximate surface area is 163 Å². The Hall–Kier alpha value is -0.830. The predicted octanol–water partition coefficient (Wildman–Crippen LogP) is 1.67. The van der Waals surface area contributed by atoms with Crippen molar-refractivity contribution in [3.05, 3.63) is 12.7 Å². The normalized spacial score (nSPS) is 18.6. The third-order valence-electron chi connectivity index (χ3n) is 4.32. The fourth-order valence-electron chi connectivity index (χ4n) is 2.96. The molecule has 1 amide bonds. The third kappa shape index (κ3) is 8.86. The van der Waals surface area contributed by atoms with Crippen LogP contribution in [-0.4, -0.2) is 68.5 Å². The molecule has 1 heterocycles. The predicted molar refractivity (Wildman–Crippen MR) is 112 cm³/mol. The second kappa shape index (κ2) is 13.5. The molecule has 0 radical (unpaired) electrons. The molecule has 1 aliphatic heterocycles. The van der Waals surface area contributed by atoms with E-state index in [9.17, 15) is 4.79 Å². The molecule has 3 N–H and O–H groups in total. The molecule has 140 valence electrons. The van der Waals surface area contributed by atoms with E-state index in [1.807, 2.05) is 13.1 Å². The van der Waals surface area contributed by atoms with Gasteiger partial charge < -0.3 is 20.9 Å². The van der Waals surface area contributed by atoms with Crippen molar-refractivity contribution in [2.45, 2.75) is 32.1 Å². The van der Waals surface area contributed by atoms with Gasteiger partial charge in [-0.2, -0.15) is 0 Å². The largest absolute Gasteiger partial charge is 0.369 e. The van der Waals surface area contributed by atoms with Gasteiger partial charge in [-0.15, -0.1) is 30.6 Å². The van der Waals surface area contributed by atoms with Crippen molar-refractivity contribution in [2.24, 2.45) is 16.6 Å². The number of hydrogen-bond acceptors (Lipinski definition) is 3. The number of nitrogens with one attached hydrogen (secondary N) is 1. The SMILES string of the molecule is C=CCCCN(C)C(=NC)NCCCN1CCCC(C(N)=O)C1.I. The first-order valence-corrected chi connectivity index (χ1v) is 8.62. The number of likely N-dealkylation sites (tertiary alicyclic amines) is 1. The number of allylic oxidation sites excluding steroid dienone is 1. The van der Waals surface area contributed by atoms with Gasteiger partial charge in [-0.3, -0.25) is 9.79 Å².